The van der Waals surface area contributed by atoms with Crippen molar-refractivity contribution in [1.29, 1.82) is 0 Å². The van der Waals surface area contributed by atoms with Crippen LogP contribution in [-0.4, -0.2) is 33.9 Å². The van der Waals surface area contributed by atoms with E-state index in [-0.39, 0.29) is 24.0 Å². The molecule has 0 unspecified atom stereocenters. The van der Waals surface area contributed by atoms with Gasteiger partial charge in [-0.15, -0.1) is 0 Å². The Morgan fingerprint density at radius 2 is 1.94 bits per heavy atom. The number of hydrogen-bond acceptors (Lipinski definition) is 5. The molecule has 0 bridgehead atoms. The summed E-state index contributed by atoms with van der Waals surface area (Å²) in [7, 11) is 0. The summed E-state index contributed by atoms with van der Waals surface area (Å²) in [5.41, 5.74) is 2.88. The number of benzene rings is 2. The molecule has 0 radical (unpaired) electrons. The second-order valence-corrected chi connectivity index (χ2v) is 7.08. The number of para-hydroxylation sites is 1. The number of pyridine rings is 1. The highest BCUT2D eigenvalue weighted by Crippen LogP contribution is 2.32. The summed E-state index contributed by atoms with van der Waals surface area (Å²) in [4.78, 5) is 17.9. The summed E-state index contributed by atoms with van der Waals surface area (Å²) in [6.45, 7) is 1.69. The van der Waals surface area contributed by atoms with Crippen LogP contribution in [0.5, 0.6) is 11.5 Å². The smallest absolute Gasteiger partial charge is 0.387 e. The largest absolute Gasteiger partial charge is 0.490 e. The number of anilines is 1. The molecule has 0 aliphatic rings. The lowest BCUT2D eigenvalue weighted by Crippen LogP contribution is -2.13. The quantitative estimate of drug-likeness (QED) is 0.389. The third-order valence-electron chi connectivity index (χ3n) is 4.93. The van der Waals surface area contributed by atoms with Crippen LogP contribution in [0.2, 0.25) is 0 Å². The van der Waals surface area contributed by atoms with Gasteiger partial charge in [-0.05, 0) is 38.1 Å². The molecule has 4 aromatic rings. The summed E-state index contributed by atoms with van der Waals surface area (Å²) < 4.78 is 37.0. The monoisotopic (exact) mass is 452 g/mol. The molecule has 2 aromatic carbocycles. The number of alkyl halides is 2. The third kappa shape index (κ3) is 4.92. The van der Waals surface area contributed by atoms with Gasteiger partial charge in [0.05, 0.1) is 29.6 Å². The number of aromatic nitrogens is 3. The van der Waals surface area contributed by atoms with Crippen LogP contribution in [0.4, 0.5) is 14.5 Å². The van der Waals surface area contributed by atoms with Gasteiger partial charge in [-0.2, -0.15) is 13.9 Å². The van der Waals surface area contributed by atoms with Gasteiger partial charge in [0.2, 0.25) is 0 Å². The molecule has 0 aliphatic carbocycles. The van der Waals surface area contributed by atoms with Crippen LogP contribution < -0.4 is 14.8 Å². The molecule has 170 valence electrons. The number of amides is 1. The van der Waals surface area contributed by atoms with Gasteiger partial charge in [-0.1, -0.05) is 18.2 Å². The molecule has 0 saturated carbocycles. The molecule has 7 nitrogen and oxygen atoms in total. The van der Waals surface area contributed by atoms with Crippen LogP contribution in [0.3, 0.4) is 0 Å². The zero-order valence-corrected chi connectivity index (χ0v) is 18.1. The van der Waals surface area contributed by atoms with Crippen molar-refractivity contribution in [1.82, 2.24) is 14.8 Å². The number of ether oxygens (including phenoxy) is 2. The maximum atomic E-state index is 13.3. The maximum Gasteiger partial charge on any atom is 0.387 e. The Hall–Kier alpha value is -4.01. The topological polar surface area (TPSA) is 78.3 Å². The third-order valence-corrected chi connectivity index (χ3v) is 4.93. The van der Waals surface area contributed by atoms with Gasteiger partial charge in [0.15, 0.2) is 11.5 Å². The minimum atomic E-state index is -2.98. The molecule has 2 heterocycles. The summed E-state index contributed by atoms with van der Waals surface area (Å²) in [5, 5.41) is 7.78. The molecule has 2 aromatic heterocycles. The highest BCUT2D eigenvalue weighted by molar-refractivity contribution is 6.13. The average molecular weight is 452 g/mol. The van der Waals surface area contributed by atoms with E-state index in [0.717, 1.165) is 5.56 Å². The van der Waals surface area contributed by atoms with Crippen molar-refractivity contribution in [2.24, 2.45) is 0 Å². The fourth-order valence-corrected chi connectivity index (χ4v) is 3.43. The Balaban J connectivity index is 1.70. The Kier molecular flexibility index (Phi) is 6.48. The lowest BCUT2D eigenvalue weighted by atomic mass is 10.0. The molecule has 0 saturated heterocycles. The number of nitrogens with one attached hydrogen (secondary N) is 1. The van der Waals surface area contributed by atoms with E-state index in [1.54, 1.807) is 23.9 Å². The molecular weight excluding hydrogens is 430 g/mol. The Morgan fingerprint density at radius 3 is 2.67 bits per heavy atom. The first-order valence-corrected chi connectivity index (χ1v) is 10.4. The lowest BCUT2D eigenvalue weighted by Gasteiger charge is -2.14. The molecule has 33 heavy (non-hydrogen) atoms. The first kappa shape index (κ1) is 22.2. The molecule has 0 atom stereocenters. The van der Waals surface area contributed by atoms with Gasteiger partial charge in [-0.3, -0.25) is 9.48 Å². The van der Waals surface area contributed by atoms with Crippen LogP contribution in [0.1, 0.15) is 24.2 Å². The molecule has 4 rings (SSSR count). The van der Waals surface area contributed by atoms with E-state index in [2.05, 4.69) is 20.1 Å². The van der Waals surface area contributed by atoms with Gasteiger partial charge < -0.3 is 14.8 Å². The second kappa shape index (κ2) is 9.64. The number of rotatable bonds is 8. The molecule has 1 N–H and O–H groups in total. The Labute approximate surface area is 189 Å². The van der Waals surface area contributed by atoms with Crippen LogP contribution in [0.15, 0.2) is 60.9 Å². The van der Waals surface area contributed by atoms with Gasteiger partial charge in [0.1, 0.15) is 0 Å². The van der Waals surface area contributed by atoms with Crippen molar-refractivity contribution in [3.63, 3.8) is 0 Å². The number of fused-ring (bicyclic) bond motifs is 1. The molecule has 0 spiro atoms. The average Bonchev–Trinajstić information content (AvgIpc) is 3.29. The fourth-order valence-electron chi connectivity index (χ4n) is 3.43. The lowest BCUT2D eigenvalue weighted by molar-refractivity contribution is -0.0514. The van der Waals surface area contributed by atoms with Crippen molar-refractivity contribution in [2.75, 3.05) is 11.9 Å². The molecule has 0 fully saturated rings. The summed E-state index contributed by atoms with van der Waals surface area (Å²) in [5.74, 6) is -0.361. The second-order valence-electron chi connectivity index (χ2n) is 7.08. The molecule has 0 aliphatic heterocycles. The van der Waals surface area contributed by atoms with Crippen molar-refractivity contribution in [3.05, 3.63) is 66.5 Å². The van der Waals surface area contributed by atoms with E-state index in [0.29, 0.717) is 34.4 Å². The normalized spacial score (nSPS) is 11.1. The SMILES string of the molecule is CCOc1cc(NC(=O)c2cc(-c3cnn(CC)c3)nc3ccccc23)ccc1OC(F)F. The highest BCUT2D eigenvalue weighted by atomic mass is 19.3. The summed E-state index contributed by atoms with van der Waals surface area (Å²) in [6.07, 6.45) is 3.58. The van der Waals surface area contributed by atoms with Crippen molar-refractivity contribution >= 4 is 22.5 Å². The van der Waals surface area contributed by atoms with Crippen LogP contribution in [0, 0.1) is 0 Å². The Morgan fingerprint density at radius 1 is 1.12 bits per heavy atom. The molecule has 1 amide bonds. The van der Waals surface area contributed by atoms with Crippen molar-refractivity contribution in [2.45, 2.75) is 27.0 Å². The van der Waals surface area contributed by atoms with Crippen LogP contribution in [0.25, 0.3) is 22.2 Å². The van der Waals surface area contributed by atoms with Gasteiger partial charge in [-0.25, -0.2) is 4.98 Å². The van der Waals surface area contributed by atoms with Crippen LogP contribution >= 0.6 is 0 Å². The predicted octanol–water partition coefficient (Wildman–Crippen LogP) is 5.37. The summed E-state index contributed by atoms with van der Waals surface area (Å²) in [6, 6.07) is 13.3. The first-order chi connectivity index (χ1) is 16.0. The van der Waals surface area contributed by atoms with E-state index in [9.17, 15) is 13.6 Å². The molecule has 9 heteroatoms. The number of hydrogen-bond donors (Lipinski definition) is 1. The number of carbonyl (C=O) groups is 1. The van der Waals surface area contributed by atoms with Crippen molar-refractivity contribution in [3.8, 4) is 22.8 Å². The first-order valence-electron chi connectivity index (χ1n) is 10.4. The van der Waals surface area contributed by atoms with Gasteiger partial charge in [0, 0.05) is 35.4 Å². The van der Waals surface area contributed by atoms with Gasteiger partial charge >= 0.3 is 6.61 Å². The number of nitrogens with zero attached hydrogens (tertiary/aromatic N) is 3. The zero-order chi connectivity index (χ0) is 23.4. The zero-order valence-electron chi connectivity index (χ0n) is 18.1. The van der Waals surface area contributed by atoms with E-state index >= 15 is 0 Å². The van der Waals surface area contributed by atoms with E-state index < -0.39 is 6.61 Å². The Bertz CT molecular complexity index is 1290. The van der Waals surface area contributed by atoms with Crippen LogP contribution in [-0.2, 0) is 6.54 Å². The highest BCUT2D eigenvalue weighted by Gasteiger charge is 2.17. The minimum Gasteiger partial charge on any atom is -0.490 e. The maximum absolute atomic E-state index is 13.3. The standard InChI is InChI=1S/C24H22F2N4O3/c1-3-30-14-15(13-27-30)20-12-18(17-7-5-6-8-19(17)29-20)23(31)28-16-9-10-21(33-24(25)26)22(11-16)32-4-2/h5-14,24H,3-4H2,1-2H3,(H,28,31). The van der Waals surface area contributed by atoms with E-state index in [1.807, 2.05) is 37.4 Å². The van der Waals surface area contributed by atoms with E-state index in [4.69, 9.17) is 4.74 Å². The van der Waals surface area contributed by atoms with E-state index in [1.165, 1.54) is 18.2 Å². The number of aryl methyl sites for hydroxylation is 1. The predicted molar refractivity (Wildman–Crippen MR) is 121 cm³/mol. The van der Waals surface area contributed by atoms with Crippen molar-refractivity contribution < 1.29 is 23.0 Å². The van der Waals surface area contributed by atoms with Gasteiger partial charge in [0.25, 0.3) is 5.91 Å². The number of halogens is 2. The minimum absolute atomic E-state index is 0.102. The summed E-state index contributed by atoms with van der Waals surface area (Å²) >= 11 is 0. The number of carbonyl (C=O) groups excluding carboxylic acids is 1. The molecular formula is C24H22F2N4O3. The fraction of sp³-hybridized carbons (Fsp3) is 0.208.